The predicted octanol–water partition coefficient (Wildman–Crippen LogP) is 4.39. The molecule has 0 radical (unpaired) electrons. The quantitative estimate of drug-likeness (QED) is 0.651. The monoisotopic (exact) mass is 453 g/mol. The lowest BCUT2D eigenvalue weighted by atomic mass is 10.1. The van der Waals surface area contributed by atoms with Gasteiger partial charge >= 0.3 is 0 Å². The molecule has 26 heavy (non-hydrogen) atoms. The number of carbonyl (C=O) groups excluding carboxylic acids is 1. The molecule has 1 saturated heterocycles. The number of nitrogens with one attached hydrogen (secondary N) is 1. The fourth-order valence-electron chi connectivity index (χ4n) is 2.43. The third kappa shape index (κ3) is 3.70. The molecule has 1 aliphatic rings. The first-order chi connectivity index (χ1) is 12.4. The van der Waals surface area contributed by atoms with E-state index in [9.17, 15) is 9.90 Å². The highest BCUT2D eigenvalue weighted by Gasteiger charge is 2.39. The molecule has 0 aliphatic carbocycles. The number of phenols is 1. The molecule has 0 amide bonds. The number of ether oxygens (including phenoxy) is 1. The number of Topliss-reactive ketones (excluding diaryl/α,β-unsaturated/α-hetero) is 1. The van der Waals surface area contributed by atoms with E-state index in [1.165, 1.54) is 11.3 Å². The minimum absolute atomic E-state index is 0.0194. The zero-order valence-corrected chi connectivity index (χ0v) is 17.3. The Labute approximate surface area is 167 Å². The van der Waals surface area contributed by atoms with Crippen molar-refractivity contribution in [1.29, 1.82) is 5.41 Å². The topological polar surface area (TPSA) is 96.2 Å². The Morgan fingerprint density at radius 2 is 2.15 bits per heavy atom. The second-order valence-corrected chi connectivity index (χ2v) is 8.47. The summed E-state index contributed by atoms with van der Waals surface area (Å²) in [4.78, 5) is 13.3. The van der Waals surface area contributed by atoms with Crippen LogP contribution in [0.15, 0.2) is 21.5 Å². The highest BCUT2D eigenvalue weighted by atomic mass is 79.9. The summed E-state index contributed by atoms with van der Waals surface area (Å²) in [5.41, 5.74) is 0.703. The van der Waals surface area contributed by atoms with Gasteiger partial charge in [-0.05, 0) is 53.0 Å². The molecule has 3 rings (SSSR count). The Morgan fingerprint density at radius 1 is 1.38 bits per heavy atom. The fourth-order valence-corrected chi connectivity index (χ4v) is 4.85. The summed E-state index contributed by atoms with van der Waals surface area (Å²) in [6.07, 6.45) is 2.46. The number of thioether (sulfide) groups is 1. The fraction of sp³-hybridized carbons (Fsp3) is 0.294. The number of allylic oxidation sites excluding steroid dienone is 1. The maximum atomic E-state index is 12.8. The molecular weight excluding hydrogens is 438 g/mol. The highest BCUT2D eigenvalue weighted by molar-refractivity contribution is 9.10. The SMILES string of the molecule is CCOc1cc(/C=C2\SC(=N)[C@@H](c3nnc(CC)s3)C2=O)cc(Br)c1O. The van der Waals surface area contributed by atoms with Crippen LogP contribution in [-0.4, -0.2) is 32.7 Å². The molecular formula is C17H16BrN3O3S2. The van der Waals surface area contributed by atoms with Crippen LogP contribution in [0, 0.1) is 5.41 Å². The van der Waals surface area contributed by atoms with E-state index in [2.05, 4.69) is 26.1 Å². The van der Waals surface area contributed by atoms with Crippen LogP contribution in [0.3, 0.4) is 0 Å². The normalized spacial score (nSPS) is 18.7. The molecule has 1 aliphatic heterocycles. The zero-order valence-electron chi connectivity index (χ0n) is 14.1. The van der Waals surface area contributed by atoms with Gasteiger partial charge in [0, 0.05) is 0 Å². The summed E-state index contributed by atoms with van der Waals surface area (Å²) in [6.45, 7) is 4.22. The number of benzene rings is 1. The third-order valence-electron chi connectivity index (χ3n) is 3.67. The van der Waals surface area contributed by atoms with Gasteiger partial charge < -0.3 is 9.84 Å². The molecule has 1 aromatic heterocycles. The van der Waals surface area contributed by atoms with E-state index in [0.29, 0.717) is 32.3 Å². The minimum Gasteiger partial charge on any atom is -0.503 e. The number of rotatable bonds is 5. The van der Waals surface area contributed by atoms with E-state index in [1.54, 1.807) is 18.2 Å². The minimum atomic E-state index is -0.670. The summed E-state index contributed by atoms with van der Waals surface area (Å²) >= 11 is 5.80. The van der Waals surface area contributed by atoms with Gasteiger partial charge in [-0.15, -0.1) is 21.5 Å². The van der Waals surface area contributed by atoms with Crippen molar-refractivity contribution in [2.24, 2.45) is 0 Å². The van der Waals surface area contributed by atoms with Gasteiger partial charge in [-0.3, -0.25) is 10.2 Å². The molecule has 2 aromatic rings. The average molecular weight is 454 g/mol. The van der Waals surface area contributed by atoms with Crippen LogP contribution in [0.1, 0.15) is 35.3 Å². The van der Waals surface area contributed by atoms with Gasteiger partial charge in [-0.1, -0.05) is 18.7 Å². The first-order valence-electron chi connectivity index (χ1n) is 7.94. The number of phenolic OH excluding ortho intramolecular Hbond substituents is 1. The van der Waals surface area contributed by atoms with Gasteiger partial charge in [0.05, 0.1) is 21.0 Å². The number of ketones is 1. The number of hydrogen-bond donors (Lipinski definition) is 2. The van der Waals surface area contributed by atoms with E-state index >= 15 is 0 Å². The first-order valence-corrected chi connectivity index (χ1v) is 10.4. The number of aromatic hydroxyl groups is 1. The lowest BCUT2D eigenvalue weighted by Crippen LogP contribution is -2.11. The van der Waals surface area contributed by atoms with Crippen molar-refractivity contribution in [3.8, 4) is 11.5 Å². The molecule has 1 fully saturated rings. The van der Waals surface area contributed by atoms with Crippen LogP contribution < -0.4 is 4.74 Å². The average Bonchev–Trinajstić information content (AvgIpc) is 3.17. The molecule has 9 heteroatoms. The first kappa shape index (κ1) is 19.1. The summed E-state index contributed by atoms with van der Waals surface area (Å²) in [5, 5.41) is 28.0. The second-order valence-electron chi connectivity index (χ2n) is 5.44. The van der Waals surface area contributed by atoms with Crippen LogP contribution >= 0.6 is 39.0 Å². The zero-order chi connectivity index (χ0) is 18.8. The van der Waals surface area contributed by atoms with E-state index in [-0.39, 0.29) is 16.6 Å². The summed E-state index contributed by atoms with van der Waals surface area (Å²) in [6, 6.07) is 3.37. The number of aromatic nitrogens is 2. The third-order valence-corrected chi connectivity index (χ3v) is 6.40. The Hall–Kier alpha value is -1.71. The van der Waals surface area contributed by atoms with Crippen molar-refractivity contribution in [3.05, 3.63) is 37.1 Å². The molecule has 0 saturated carbocycles. The van der Waals surface area contributed by atoms with Gasteiger partial charge in [0.25, 0.3) is 0 Å². The van der Waals surface area contributed by atoms with Crippen LogP contribution in [0.4, 0.5) is 0 Å². The van der Waals surface area contributed by atoms with Crippen LogP contribution in [0.2, 0.25) is 0 Å². The van der Waals surface area contributed by atoms with E-state index in [1.807, 2.05) is 13.8 Å². The lowest BCUT2D eigenvalue weighted by molar-refractivity contribution is -0.114. The van der Waals surface area contributed by atoms with E-state index in [0.717, 1.165) is 23.2 Å². The Morgan fingerprint density at radius 3 is 2.81 bits per heavy atom. The molecule has 0 unspecified atom stereocenters. The number of aryl methyl sites for hydroxylation is 1. The van der Waals surface area contributed by atoms with Crippen LogP contribution in [-0.2, 0) is 11.2 Å². The van der Waals surface area contributed by atoms with Gasteiger partial charge in [0.15, 0.2) is 17.3 Å². The lowest BCUT2D eigenvalue weighted by Gasteiger charge is -2.09. The number of nitrogens with zero attached hydrogens (tertiary/aromatic N) is 2. The van der Waals surface area contributed by atoms with Crippen molar-refractivity contribution >= 4 is 55.9 Å². The molecule has 2 N–H and O–H groups in total. The van der Waals surface area contributed by atoms with Crippen molar-refractivity contribution in [1.82, 2.24) is 10.2 Å². The predicted molar refractivity (Wildman–Crippen MR) is 107 cm³/mol. The molecule has 0 spiro atoms. The van der Waals surface area contributed by atoms with E-state index < -0.39 is 5.92 Å². The standard InChI is InChI=1S/C17H16BrN3O3S2/c1-3-12-20-21-17(26-12)13-15(23)11(25-16(13)19)7-8-5-9(18)14(22)10(6-8)24-4-2/h5-7,13,19,22H,3-4H2,1-2H3/b11-7-,19-16?/t13-/m0/s1. The molecule has 1 aromatic carbocycles. The summed E-state index contributed by atoms with van der Waals surface area (Å²) < 4.78 is 5.90. The smallest absolute Gasteiger partial charge is 0.186 e. The van der Waals surface area contributed by atoms with Crippen molar-refractivity contribution < 1.29 is 14.6 Å². The van der Waals surface area contributed by atoms with E-state index in [4.69, 9.17) is 10.1 Å². The molecule has 6 nitrogen and oxygen atoms in total. The molecule has 1 atom stereocenters. The second kappa shape index (κ2) is 7.89. The van der Waals surface area contributed by atoms with Gasteiger partial charge in [0.1, 0.15) is 15.9 Å². The summed E-state index contributed by atoms with van der Waals surface area (Å²) in [7, 11) is 0. The van der Waals surface area contributed by atoms with Crippen molar-refractivity contribution in [2.45, 2.75) is 26.2 Å². The molecule has 0 bridgehead atoms. The van der Waals surface area contributed by atoms with Gasteiger partial charge in [-0.2, -0.15) is 0 Å². The van der Waals surface area contributed by atoms with Gasteiger partial charge in [0.2, 0.25) is 0 Å². The number of hydrogen-bond acceptors (Lipinski definition) is 8. The van der Waals surface area contributed by atoms with Gasteiger partial charge in [-0.25, -0.2) is 0 Å². The number of halogens is 1. The summed E-state index contributed by atoms with van der Waals surface area (Å²) in [5.74, 6) is -0.463. The maximum absolute atomic E-state index is 12.8. The van der Waals surface area contributed by atoms with Crippen molar-refractivity contribution in [2.75, 3.05) is 6.61 Å². The van der Waals surface area contributed by atoms with Crippen LogP contribution in [0.25, 0.3) is 6.08 Å². The van der Waals surface area contributed by atoms with Crippen LogP contribution in [0.5, 0.6) is 11.5 Å². The molecule has 136 valence electrons. The Kier molecular flexibility index (Phi) is 5.79. The highest BCUT2D eigenvalue weighted by Crippen LogP contribution is 2.42. The maximum Gasteiger partial charge on any atom is 0.186 e. The number of carbonyl (C=O) groups is 1. The molecule has 2 heterocycles. The Balaban J connectivity index is 1.93. The van der Waals surface area contributed by atoms with Crippen molar-refractivity contribution in [3.63, 3.8) is 0 Å². The Bertz CT molecular complexity index is 911. The largest absolute Gasteiger partial charge is 0.503 e.